The lowest BCUT2D eigenvalue weighted by Crippen LogP contribution is -2.22. The van der Waals surface area contributed by atoms with Gasteiger partial charge in [0.2, 0.25) is 11.8 Å². The van der Waals surface area contributed by atoms with Crippen LogP contribution in [0.5, 0.6) is 5.88 Å². The number of aromatic nitrogens is 3. The van der Waals surface area contributed by atoms with Crippen molar-refractivity contribution in [1.82, 2.24) is 15.0 Å². The smallest absolute Gasteiger partial charge is 0.405 e. The molecule has 0 aliphatic rings. The summed E-state index contributed by atoms with van der Waals surface area (Å²) < 4.78 is 49.6. The number of halogens is 4. The normalized spacial score (nSPS) is 11.7. The number of nitrogens with zero attached hydrogens (tertiary/aromatic N) is 3. The van der Waals surface area contributed by atoms with E-state index in [9.17, 15) is 22.7 Å². The van der Waals surface area contributed by atoms with Gasteiger partial charge in [-0.05, 0) is 36.4 Å². The van der Waals surface area contributed by atoms with Crippen LogP contribution in [0.25, 0.3) is 22.3 Å². The van der Waals surface area contributed by atoms with Crippen molar-refractivity contribution in [2.75, 3.05) is 11.9 Å². The van der Waals surface area contributed by atoms with Gasteiger partial charge in [0.1, 0.15) is 12.4 Å². The highest BCUT2D eigenvalue weighted by molar-refractivity contribution is 5.82. The largest absolute Gasteiger partial charge is 0.492 e. The molecule has 2 N–H and O–H groups in total. The maximum atomic E-state index is 13.0. The molecule has 0 amide bonds. The molecule has 0 aliphatic carbocycles. The van der Waals surface area contributed by atoms with E-state index in [1.807, 2.05) is 5.32 Å². The molecule has 0 unspecified atom stereocenters. The van der Waals surface area contributed by atoms with E-state index in [4.69, 9.17) is 0 Å². The second-order valence-corrected chi connectivity index (χ2v) is 4.91. The number of aromatic hydroxyl groups is 1. The third-order valence-corrected chi connectivity index (χ3v) is 3.11. The quantitative estimate of drug-likeness (QED) is 0.715. The molecular formula is C15H10F4N4O. The lowest BCUT2D eigenvalue weighted by Gasteiger charge is -2.09. The fourth-order valence-electron chi connectivity index (χ4n) is 2.04. The Kier molecular flexibility index (Phi) is 3.92. The Morgan fingerprint density at radius 3 is 2.33 bits per heavy atom. The molecule has 24 heavy (non-hydrogen) atoms. The average molecular weight is 338 g/mol. The zero-order valence-electron chi connectivity index (χ0n) is 12.0. The van der Waals surface area contributed by atoms with Gasteiger partial charge >= 0.3 is 6.18 Å². The third-order valence-electron chi connectivity index (χ3n) is 3.11. The van der Waals surface area contributed by atoms with Crippen molar-refractivity contribution in [2.45, 2.75) is 6.18 Å². The number of rotatable bonds is 3. The summed E-state index contributed by atoms with van der Waals surface area (Å²) in [5.74, 6) is -1.30. The Labute approximate surface area is 133 Å². The van der Waals surface area contributed by atoms with Crippen molar-refractivity contribution in [1.29, 1.82) is 0 Å². The third kappa shape index (κ3) is 3.50. The Hall–Kier alpha value is -2.97. The van der Waals surface area contributed by atoms with Crippen LogP contribution in [0.2, 0.25) is 0 Å². The summed E-state index contributed by atoms with van der Waals surface area (Å²) in [6.07, 6.45) is -4.43. The highest BCUT2D eigenvalue weighted by Crippen LogP contribution is 2.26. The number of benzene rings is 1. The fraction of sp³-hybridized carbons (Fsp3) is 0.133. The minimum atomic E-state index is -4.43. The number of nitrogens with one attached hydrogen (secondary N) is 1. The Bertz CT molecular complexity index is 881. The number of pyridine rings is 1. The Morgan fingerprint density at radius 2 is 1.67 bits per heavy atom. The molecule has 0 fully saturated rings. The van der Waals surface area contributed by atoms with Gasteiger partial charge in [-0.2, -0.15) is 18.2 Å². The minimum Gasteiger partial charge on any atom is -0.492 e. The van der Waals surface area contributed by atoms with E-state index in [1.165, 1.54) is 30.3 Å². The molecular weight excluding hydrogens is 328 g/mol. The van der Waals surface area contributed by atoms with Gasteiger partial charge in [0.15, 0.2) is 5.52 Å². The average Bonchev–Trinajstić information content (AvgIpc) is 2.53. The maximum Gasteiger partial charge on any atom is 0.405 e. The summed E-state index contributed by atoms with van der Waals surface area (Å²) in [6, 6.07) is 8.61. The van der Waals surface area contributed by atoms with Crippen molar-refractivity contribution < 1.29 is 22.7 Å². The standard InChI is InChI=1S/C15H10F4N4O/c16-9-3-1-8(2-4-9)10-5-6-11-12(21-10)13(24)23-14(22-11)20-7-15(17,18)19/h1-6H,7H2,(H2,20,22,23,24). The van der Waals surface area contributed by atoms with E-state index >= 15 is 0 Å². The number of fused-ring (bicyclic) bond motifs is 1. The molecule has 0 aliphatic heterocycles. The van der Waals surface area contributed by atoms with Gasteiger partial charge in [-0.3, -0.25) is 0 Å². The van der Waals surface area contributed by atoms with Crippen LogP contribution < -0.4 is 5.32 Å². The van der Waals surface area contributed by atoms with Gasteiger partial charge in [-0.25, -0.2) is 14.4 Å². The zero-order chi connectivity index (χ0) is 17.3. The molecule has 5 nitrogen and oxygen atoms in total. The molecule has 0 saturated carbocycles. The summed E-state index contributed by atoms with van der Waals surface area (Å²) in [4.78, 5) is 11.6. The van der Waals surface area contributed by atoms with Gasteiger partial charge < -0.3 is 10.4 Å². The van der Waals surface area contributed by atoms with E-state index in [2.05, 4.69) is 15.0 Å². The van der Waals surface area contributed by atoms with E-state index in [1.54, 1.807) is 6.07 Å². The van der Waals surface area contributed by atoms with Gasteiger partial charge in [-0.15, -0.1) is 0 Å². The first-order valence-electron chi connectivity index (χ1n) is 6.76. The number of hydrogen-bond acceptors (Lipinski definition) is 5. The molecule has 3 aromatic rings. The van der Waals surface area contributed by atoms with Crippen molar-refractivity contribution in [3.63, 3.8) is 0 Å². The van der Waals surface area contributed by atoms with Crippen molar-refractivity contribution in [2.24, 2.45) is 0 Å². The Balaban J connectivity index is 1.96. The van der Waals surface area contributed by atoms with Gasteiger partial charge in [0.25, 0.3) is 0 Å². The highest BCUT2D eigenvalue weighted by atomic mass is 19.4. The van der Waals surface area contributed by atoms with Crippen LogP contribution in [-0.4, -0.2) is 32.8 Å². The number of hydrogen-bond donors (Lipinski definition) is 2. The van der Waals surface area contributed by atoms with Crippen molar-refractivity contribution in [3.8, 4) is 17.1 Å². The van der Waals surface area contributed by atoms with Crippen LogP contribution in [0.1, 0.15) is 0 Å². The monoisotopic (exact) mass is 338 g/mol. The first-order valence-corrected chi connectivity index (χ1v) is 6.76. The van der Waals surface area contributed by atoms with Gasteiger partial charge in [0.05, 0.1) is 11.2 Å². The molecule has 9 heteroatoms. The number of alkyl halides is 3. The molecule has 0 bridgehead atoms. The molecule has 0 spiro atoms. The maximum absolute atomic E-state index is 13.0. The summed E-state index contributed by atoms with van der Waals surface area (Å²) in [5.41, 5.74) is 1.27. The molecule has 0 saturated heterocycles. The molecule has 3 rings (SSSR count). The van der Waals surface area contributed by atoms with E-state index < -0.39 is 24.4 Å². The zero-order valence-corrected chi connectivity index (χ0v) is 12.0. The van der Waals surface area contributed by atoms with Crippen LogP contribution in [-0.2, 0) is 0 Å². The van der Waals surface area contributed by atoms with Crippen LogP contribution in [0.15, 0.2) is 36.4 Å². The Morgan fingerprint density at radius 1 is 0.958 bits per heavy atom. The molecule has 2 heterocycles. The predicted octanol–water partition coefficient (Wildman–Crippen LogP) is 3.51. The topological polar surface area (TPSA) is 70.9 Å². The number of anilines is 1. The van der Waals surface area contributed by atoms with E-state index in [-0.39, 0.29) is 17.0 Å². The van der Waals surface area contributed by atoms with E-state index in [0.717, 1.165) is 0 Å². The van der Waals surface area contributed by atoms with Crippen molar-refractivity contribution in [3.05, 3.63) is 42.2 Å². The molecule has 0 radical (unpaired) electrons. The lowest BCUT2D eigenvalue weighted by molar-refractivity contribution is -0.115. The van der Waals surface area contributed by atoms with Gasteiger partial charge in [-0.1, -0.05) is 0 Å². The molecule has 124 valence electrons. The molecule has 1 aromatic carbocycles. The highest BCUT2D eigenvalue weighted by Gasteiger charge is 2.27. The second-order valence-electron chi connectivity index (χ2n) is 4.91. The predicted molar refractivity (Wildman–Crippen MR) is 78.9 cm³/mol. The van der Waals surface area contributed by atoms with Crippen LogP contribution in [0.3, 0.4) is 0 Å². The minimum absolute atomic E-state index is 0.0365. The first kappa shape index (κ1) is 15.9. The SMILES string of the molecule is Oc1nc(NCC(F)(F)F)nc2ccc(-c3ccc(F)cc3)nc12. The summed E-state index contributed by atoms with van der Waals surface area (Å²) >= 11 is 0. The summed E-state index contributed by atoms with van der Waals surface area (Å²) in [7, 11) is 0. The van der Waals surface area contributed by atoms with Gasteiger partial charge in [0, 0.05) is 5.56 Å². The summed E-state index contributed by atoms with van der Waals surface area (Å²) in [6.45, 7) is -1.32. The molecule has 0 atom stereocenters. The summed E-state index contributed by atoms with van der Waals surface area (Å²) in [5, 5.41) is 11.9. The van der Waals surface area contributed by atoms with Crippen molar-refractivity contribution >= 4 is 17.0 Å². The van der Waals surface area contributed by atoms with Crippen LogP contribution >= 0.6 is 0 Å². The second kappa shape index (κ2) is 5.91. The van der Waals surface area contributed by atoms with Crippen LogP contribution in [0.4, 0.5) is 23.5 Å². The first-order chi connectivity index (χ1) is 11.3. The molecule has 2 aromatic heterocycles. The fourth-order valence-corrected chi connectivity index (χ4v) is 2.04. The van der Waals surface area contributed by atoms with E-state index in [0.29, 0.717) is 11.3 Å². The lowest BCUT2D eigenvalue weighted by atomic mass is 10.1. The van der Waals surface area contributed by atoms with Crippen LogP contribution in [0, 0.1) is 5.82 Å².